The Balaban J connectivity index is 2.42. The van der Waals surface area contributed by atoms with Crippen LogP contribution in [0.5, 0.6) is 0 Å². The minimum absolute atomic E-state index is 0.240. The fourth-order valence-electron chi connectivity index (χ4n) is 3.94. The van der Waals surface area contributed by atoms with E-state index in [-0.39, 0.29) is 32.3 Å². The maximum atomic E-state index is 11.5. The molecular weight excluding hydrogens is 492 g/mol. The summed E-state index contributed by atoms with van der Waals surface area (Å²) in [5.74, 6) is 0. The molecule has 0 spiro atoms. The van der Waals surface area contributed by atoms with Gasteiger partial charge in [0, 0.05) is 36.4 Å². The van der Waals surface area contributed by atoms with Crippen LogP contribution in [0.15, 0.2) is 36.4 Å². The van der Waals surface area contributed by atoms with E-state index in [4.69, 9.17) is 0 Å². The van der Waals surface area contributed by atoms with E-state index in [9.17, 15) is 60.7 Å². The first kappa shape index (κ1) is 23.2. The third-order valence-electron chi connectivity index (χ3n) is 5.39. The molecule has 0 saturated heterocycles. The average molecular weight is 498 g/mol. The summed E-state index contributed by atoms with van der Waals surface area (Å²) in [6, 6.07) is 4.24. The van der Waals surface area contributed by atoms with Gasteiger partial charge in [0.25, 0.3) is 0 Å². The largest absolute Gasteiger partial charge is 0.346 e. The number of benzene rings is 4. The predicted molar refractivity (Wildman–Crippen MR) is 119 cm³/mol. The van der Waals surface area contributed by atoms with E-state index < -0.39 is 63.7 Å². The van der Waals surface area contributed by atoms with Crippen LogP contribution in [-0.4, -0.2) is 29.5 Å². The molecule has 0 heterocycles. The summed E-state index contributed by atoms with van der Waals surface area (Å²) in [6.45, 7) is 0. The molecule has 0 saturated carbocycles. The molecular formula is C18H6N6O12. The first-order chi connectivity index (χ1) is 16.8. The molecule has 4 rings (SSSR count). The van der Waals surface area contributed by atoms with Crippen molar-refractivity contribution in [3.05, 3.63) is 97.1 Å². The van der Waals surface area contributed by atoms with Crippen molar-refractivity contribution in [2.75, 3.05) is 0 Å². The maximum absolute atomic E-state index is 11.5. The Bertz CT molecular complexity index is 1410. The van der Waals surface area contributed by atoms with Crippen molar-refractivity contribution in [3.63, 3.8) is 0 Å². The Hall–Kier alpha value is -5.94. The molecule has 0 N–H and O–H groups in total. The molecule has 4 aromatic rings. The zero-order valence-corrected chi connectivity index (χ0v) is 17.0. The van der Waals surface area contributed by atoms with Gasteiger partial charge in [-0.2, -0.15) is 0 Å². The second kappa shape index (κ2) is 7.83. The molecule has 18 nitrogen and oxygen atoms in total. The summed E-state index contributed by atoms with van der Waals surface area (Å²) < 4.78 is 0. The molecule has 18 heteroatoms. The SMILES string of the molecule is O=[N+]([O-])c1cc2c3cc([N+](=O)[O-])c([N+](=O)[O-])cc3c3cc([N+](=O)[O-])c([N+](=O)[O-])cc3c2cc1[N+](=O)[O-]. The summed E-state index contributed by atoms with van der Waals surface area (Å²) >= 11 is 0. The van der Waals surface area contributed by atoms with Crippen LogP contribution in [0.4, 0.5) is 34.1 Å². The van der Waals surface area contributed by atoms with Crippen molar-refractivity contribution in [1.82, 2.24) is 0 Å². The van der Waals surface area contributed by atoms with Crippen molar-refractivity contribution < 1.29 is 29.5 Å². The van der Waals surface area contributed by atoms with Crippen molar-refractivity contribution in [2.24, 2.45) is 0 Å². The molecule has 0 atom stereocenters. The highest BCUT2D eigenvalue weighted by atomic mass is 16.7. The highest BCUT2D eigenvalue weighted by Crippen LogP contribution is 2.46. The Labute approximate surface area is 193 Å². The lowest BCUT2D eigenvalue weighted by atomic mass is 9.92. The fourth-order valence-corrected chi connectivity index (χ4v) is 3.94. The van der Waals surface area contributed by atoms with E-state index in [0.29, 0.717) is 36.4 Å². The molecule has 0 radical (unpaired) electrons. The first-order valence-corrected chi connectivity index (χ1v) is 9.25. The van der Waals surface area contributed by atoms with Gasteiger partial charge in [-0.25, -0.2) is 0 Å². The van der Waals surface area contributed by atoms with Gasteiger partial charge < -0.3 is 0 Å². The molecule has 4 aromatic carbocycles. The summed E-state index contributed by atoms with van der Waals surface area (Å²) in [5, 5.41) is 67.5. The van der Waals surface area contributed by atoms with Crippen molar-refractivity contribution >= 4 is 66.4 Å². The van der Waals surface area contributed by atoms with Crippen LogP contribution in [0.1, 0.15) is 0 Å². The normalized spacial score (nSPS) is 11.0. The molecule has 0 aromatic heterocycles. The van der Waals surface area contributed by atoms with Gasteiger partial charge in [-0.3, -0.25) is 60.7 Å². The second-order valence-electron chi connectivity index (χ2n) is 7.20. The number of nitro groups is 6. The summed E-state index contributed by atoms with van der Waals surface area (Å²) in [7, 11) is 0. The van der Waals surface area contributed by atoms with Gasteiger partial charge in [0.05, 0.1) is 29.5 Å². The van der Waals surface area contributed by atoms with Gasteiger partial charge in [-0.15, -0.1) is 0 Å². The molecule has 0 fully saturated rings. The average Bonchev–Trinajstić information content (AvgIpc) is 2.81. The predicted octanol–water partition coefficient (Wildman–Crippen LogP) is 4.60. The van der Waals surface area contributed by atoms with Crippen LogP contribution >= 0.6 is 0 Å². The molecule has 0 bridgehead atoms. The lowest BCUT2D eigenvalue weighted by molar-refractivity contribution is -0.422. The van der Waals surface area contributed by atoms with Crippen LogP contribution in [0.25, 0.3) is 32.3 Å². The van der Waals surface area contributed by atoms with Gasteiger partial charge in [0.1, 0.15) is 0 Å². The lowest BCUT2D eigenvalue weighted by Crippen LogP contribution is -2.00. The quantitative estimate of drug-likeness (QED) is 0.201. The van der Waals surface area contributed by atoms with Crippen LogP contribution < -0.4 is 0 Å². The van der Waals surface area contributed by atoms with Crippen molar-refractivity contribution in [1.29, 1.82) is 0 Å². The smallest absolute Gasteiger partial charge is 0.258 e. The summed E-state index contributed by atoms with van der Waals surface area (Å²) in [5.41, 5.74) is -6.14. The highest BCUT2D eigenvalue weighted by molar-refractivity contribution is 6.27. The van der Waals surface area contributed by atoms with Gasteiger partial charge >= 0.3 is 34.1 Å². The third kappa shape index (κ3) is 3.37. The van der Waals surface area contributed by atoms with Gasteiger partial charge in [0.2, 0.25) is 0 Å². The Kier molecular flexibility index (Phi) is 5.05. The summed E-state index contributed by atoms with van der Waals surface area (Å²) in [6.07, 6.45) is 0. The van der Waals surface area contributed by atoms with E-state index in [1.54, 1.807) is 0 Å². The fraction of sp³-hybridized carbons (Fsp3) is 0. The van der Waals surface area contributed by atoms with Crippen LogP contribution in [0, 0.1) is 60.7 Å². The third-order valence-corrected chi connectivity index (χ3v) is 5.39. The number of fused-ring (bicyclic) bond motifs is 6. The number of hydrogen-bond donors (Lipinski definition) is 0. The first-order valence-electron chi connectivity index (χ1n) is 9.25. The van der Waals surface area contributed by atoms with Gasteiger partial charge in [0.15, 0.2) is 0 Å². The zero-order valence-electron chi connectivity index (χ0n) is 17.0. The minimum atomic E-state index is -1.09. The molecule has 36 heavy (non-hydrogen) atoms. The number of nitro benzene ring substituents is 6. The monoisotopic (exact) mass is 498 g/mol. The second-order valence-corrected chi connectivity index (χ2v) is 7.20. The Morgan fingerprint density at radius 3 is 0.500 bits per heavy atom. The minimum Gasteiger partial charge on any atom is -0.258 e. The molecule has 0 unspecified atom stereocenters. The number of hydrogen-bond acceptors (Lipinski definition) is 12. The highest BCUT2D eigenvalue weighted by Gasteiger charge is 2.32. The molecule has 0 aliphatic rings. The molecule has 0 aliphatic carbocycles. The molecule has 180 valence electrons. The van der Waals surface area contributed by atoms with E-state index >= 15 is 0 Å². The van der Waals surface area contributed by atoms with Gasteiger partial charge in [-0.05, 0) is 32.3 Å². The van der Waals surface area contributed by atoms with Gasteiger partial charge in [-0.1, -0.05) is 0 Å². The lowest BCUT2D eigenvalue weighted by Gasteiger charge is -2.11. The number of rotatable bonds is 6. The molecule has 0 amide bonds. The van der Waals surface area contributed by atoms with E-state index in [1.165, 1.54) is 0 Å². The topological polar surface area (TPSA) is 259 Å². The van der Waals surface area contributed by atoms with Crippen molar-refractivity contribution in [2.45, 2.75) is 0 Å². The maximum Gasteiger partial charge on any atom is 0.346 e. The Morgan fingerprint density at radius 1 is 0.306 bits per heavy atom. The number of nitrogens with zero attached hydrogens (tertiary/aromatic N) is 6. The zero-order chi connectivity index (χ0) is 26.6. The van der Waals surface area contributed by atoms with Crippen LogP contribution in [-0.2, 0) is 0 Å². The molecule has 0 aliphatic heterocycles. The standard InChI is InChI=1S/C18H6N6O12/c25-19(26)13-1-7-8(2-14(13)20(27)28)10-4-17(23(33)34)18(24(35)36)6-12(10)11-5-16(22(31)32)15(21(29)30)3-9(7)11/h1-6H. The van der Waals surface area contributed by atoms with E-state index in [1.807, 2.05) is 0 Å². The van der Waals surface area contributed by atoms with Crippen LogP contribution in [0.3, 0.4) is 0 Å². The Morgan fingerprint density at radius 2 is 0.417 bits per heavy atom. The summed E-state index contributed by atoms with van der Waals surface area (Å²) in [4.78, 5) is 62.4. The van der Waals surface area contributed by atoms with Crippen LogP contribution in [0.2, 0.25) is 0 Å². The van der Waals surface area contributed by atoms with Crippen molar-refractivity contribution in [3.8, 4) is 0 Å². The van der Waals surface area contributed by atoms with E-state index in [2.05, 4.69) is 0 Å². The van der Waals surface area contributed by atoms with E-state index in [0.717, 1.165) is 0 Å².